The summed E-state index contributed by atoms with van der Waals surface area (Å²) in [5.41, 5.74) is 2.54. The number of nitrogens with zero attached hydrogens (tertiary/aromatic N) is 2. The number of benzene rings is 1. The van der Waals surface area contributed by atoms with Gasteiger partial charge in [0, 0.05) is 0 Å². The van der Waals surface area contributed by atoms with Crippen molar-refractivity contribution >= 4 is 0 Å². The molecule has 4 nitrogen and oxygen atoms in total. The molecule has 17 heavy (non-hydrogen) atoms. The SMILES string of the molecule is Cc1ncc(Oc2cccc(CO)c2)nc1C. The number of aliphatic hydroxyl groups excluding tert-OH is 1. The Balaban J connectivity index is 2.22. The third kappa shape index (κ3) is 2.79. The maximum absolute atomic E-state index is 9.03. The van der Waals surface area contributed by atoms with Crippen LogP contribution in [0, 0.1) is 13.8 Å². The first-order valence-electron chi connectivity index (χ1n) is 5.37. The number of hydrogen-bond donors (Lipinski definition) is 1. The third-order valence-electron chi connectivity index (χ3n) is 2.47. The van der Waals surface area contributed by atoms with Crippen molar-refractivity contribution in [1.29, 1.82) is 0 Å². The topological polar surface area (TPSA) is 55.2 Å². The van der Waals surface area contributed by atoms with Crippen LogP contribution >= 0.6 is 0 Å². The summed E-state index contributed by atoms with van der Waals surface area (Å²) < 4.78 is 5.57. The second-order valence-corrected chi connectivity index (χ2v) is 3.79. The van der Waals surface area contributed by atoms with Crippen molar-refractivity contribution in [3.63, 3.8) is 0 Å². The molecule has 0 amide bonds. The first kappa shape index (κ1) is 11.5. The maximum Gasteiger partial charge on any atom is 0.238 e. The average molecular weight is 230 g/mol. The zero-order chi connectivity index (χ0) is 12.3. The minimum atomic E-state index is -0.00416. The Morgan fingerprint density at radius 2 is 2.06 bits per heavy atom. The summed E-state index contributed by atoms with van der Waals surface area (Å²) >= 11 is 0. The third-order valence-corrected chi connectivity index (χ3v) is 2.47. The average Bonchev–Trinajstić information content (AvgIpc) is 2.34. The fraction of sp³-hybridized carbons (Fsp3) is 0.231. The van der Waals surface area contributed by atoms with E-state index in [0.29, 0.717) is 11.6 Å². The molecule has 2 rings (SSSR count). The van der Waals surface area contributed by atoms with Crippen molar-refractivity contribution in [2.75, 3.05) is 0 Å². The van der Waals surface area contributed by atoms with Gasteiger partial charge in [-0.1, -0.05) is 12.1 Å². The fourth-order valence-corrected chi connectivity index (χ4v) is 1.40. The molecule has 0 fully saturated rings. The van der Waals surface area contributed by atoms with Gasteiger partial charge in [-0.3, -0.25) is 4.98 Å². The summed E-state index contributed by atoms with van der Waals surface area (Å²) in [6.07, 6.45) is 1.59. The zero-order valence-corrected chi connectivity index (χ0v) is 9.84. The van der Waals surface area contributed by atoms with Gasteiger partial charge in [-0.15, -0.1) is 0 Å². The maximum atomic E-state index is 9.03. The van der Waals surface area contributed by atoms with E-state index in [1.165, 1.54) is 0 Å². The molecule has 0 spiro atoms. The Morgan fingerprint density at radius 3 is 2.76 bits per heavy atom. The van der Waals surface area contributed by atoms with Gasteiger partial charge in [0.25, 0.3) is 0 Å². The minimum Gasteiger partial charge on any atom is -0.437 e. The van der Waals surface area contributed by atoms with Crippen molar-refractivity contribution < 1.29 is 9.84 Å². The van der Waals surface area contributed by atoms with Crippen LogP contribution in [0.5, 0.6) is 11.6 Å². The molecule has 0 bridgehead atoms. The van der Waals surface area contributed by atoms with E-state index < -0.39 is 0 Å². The molecule has 0 saturated heterocycles. The van der Waals surface area contributed by atoms with Gasteiger partial charge in [0.2, 0.25) is 5.88 Å². The highest BCUT2D eigenvalue weighted by Gasteiger charge is 2.02. The van der Waals surface area contributed by atoms with E-state index in [4.69, 9.17) is 9.84 Å². The van der Waals surface area contributed by atoms with Crippen LogP contribution in [0.2, 0.25) is 0 Å². The molecular formula is C13H14N2O2. The lowest BCUT2D eigenvalue weighted by Crippen LogP contribution is -1.95. The Morgan fingerprint density at radius 1 is 1.24 bits per heavy atom. The summed E-state index contributed by atoms with van der Waals surface area (Å²) in [7, 11) is 0. The van der Waals surface area contributed by atoms with E-state index in [9.17, 15) is 0 Å². The number of aromatic nitrogens is 2. The highest BCUT2D eigenvalue weighted by molar-refractivity contribution is 5.31. The molecule has 0 atom stereocenters. The molecule has 0 aliphatic rings. The van der Waals surface area contributed by atoms with Crippen LogP contribution in [0.15, 0.2) is 30.5 Å². The number of hydrogen-bond acceptors (Lipinski definition) is 4. The first-order valence-corrected chi connectivity index (χ1v) is 5.37. The Hall–Kier alpha value is -1.94. The van der Waals surface area contributed by atoms with Gasteiger partial charge in [-0.25, -0.2) is 4.98 Å². The summed E-state index contributed by atoms with van der Waals surface area (Å²) in [6.45, 7) is 3.79. The molecule has 2 aromatic rings. The molecule has 1 N–H and O–H groups in total. The van der Waals surface area contributed by atoms with E-state index in [-0.39, 0.29) is 6.61 Å². The van der Waals surface area contributed by atoms with Crippen LogP contribution in [0.1, 0.15) is 17.0 Å². The molecule has 1 aromatic carbocycles. The van der Waals surface area contributed by atoms with Gasteiger partial charge in [0.15, 0.2) is 0 Å². The van der Waals surface area contributed by atoms with E-state index in [0.717, 1.165) is 17.0 Å². The molecule has 0 saturated carbocycles. The van der Waals surface area contributed by atoms with Gasteiger partial charge in [0.05, 0.1) is 24.2 Å². The number of aryl methyl sites for hydroxylation is 2. The molecule has 0 aliphatic carbocycles. The van der Waals surface area contributed by atoms with E-state index in [2.05, 4.69) is 9.97 Å². The standard InChI is InChI=1S/C13H14N2O2/c1-9-10(2)15-13(7-14-9)17-12-5-3-4-11(6-12)8-16/h3-7,16H,8H2,1-2H3. The Bertz CT molecular complexity index is 527. The second-order valence-electron chi connectivity index (χ2n) is 3.79. The molecule has 4 heteroatoms. The van der Waals surface area contributed by atoms with Crippen LogP contribution in [0.4, 0.5) is 0 Å². The molecule has 88 valence electrons. The molecule has 1 heterocycles. The van der Waals surface area contributed by atoms with Crippen LogP contribution < -0.4 is 4.74 Å². The summed E-state index contributed by atoms with van der Waals surface area (Å²) in [4.78, 5) is 8.46. The van der Waals surface area contributed by atoms with Crippen molar-refractivity contribution in [2.45, 2.75) is 20.5 Å². The van der Waals surface area contributed by atoms with Crippen molar-refractivity contribution in [2.24, 2.45) is 0 Å². The molecule has 0 unspecified atom stereocenters. The van der Waals surface area contributed by atoms with Gasteiger partial charge >= 0.3 is 0 Å². The van der Waals surface area contributed by atoms with Gasteiger partial charge in [-0.2, -0.15) is 0 Å². The smallest absolute Gasteiger partial charge is 0.238 e. The van der Waals surface area contributed by atoms with Crippen molar-refractivity contribution in [3.05, 3.63) is 47.4 Å². The monoisotopic (exact) mass is 230 g/mol. The van der Waals surface area contributed by atoms with Crippen LogP contribution in [0.3, 0.4) is 0 Å². The molecule has 1 aromatic heterocycles. The highest BCUT2D eigenvalue weighted by atomic mass is 16.5. The lowest BCUT2D eigenvalue weighted by molar-refractivity contribution is 0.281. The van der Waals surface area contributed by atoms with Crippen molar-refractivity contribution in [1.82, 2.24) is 9.97 Å². The van der Waals surface area contributed by atoms with E-state index in [1.54, 1.807) is 12.3 Å². The lowest BCUT2D eigenvalue weighted by atomic mass is 10.2. The quantitative estimate of drug-likeness (QED) is 0.879. The van der Waals surface area contributed by atoms with E-state index in [1.807, 2.05) is 32.0 Å². The number of ether oxygens (including phenoxy) is 1. The lowest BCUT2D eigenvalue weighted by Gasteiger charge is -2.07. The summed E-state index contributed by atoms with van der Waals surface area (Å²) in [5, 5.41) is 9.03. The Kier molecular flexibility index (Phi) is 3.35. The normalized spacial score (nSPS) is 10.3. The largest absolute Gasteiger partial charge is 0.437 e. The fourth-order valence-electron chi connectivity index (χ4n) is 1.40. The predicted octanol–water partition coefficient (Wildman–Crippen LogP) is 2.38. The van der Waals surface area contributed by atoms with Gasteiger partial charge < -0.3 is 9.84 Å². The van der Waals surface area contributed by atoms with Crippen molar-refractivity contribution in [3.8, 4) is 11.6 Å². The second kappa shape index (κ2) is 4.93. The molecule has 0 radical (unpaired) electrons. The summed E-state index contributed by atoms with van der Waals surface area (Å²) in [5.74, 6) is 1.11. The molecule has 0 aliphatic heterocycles. The highest BCUT2D eigenvalue weighted by Crippen LogP contribution is 2.20. The predicted molar refractivity (Wildman–Crippen MR) is 63.9 cm³/mol. The zero-order valence-electron chi connectivity index (χ0n) is 9.84. The van der Waals surface area contributed by atoms with E-state index >= 15 is 0 Å². The Labute approximate surface area is 99.9 Å². The van der Waals surface area contributed by atoms with Crippen LogP contribution in [-0.4, -0.2) is 15.1 Å². The van der Waals surface area contributed by atoms with Crippen LogP contribution in [0.25, 0.3) is 0 Å². The van der Waals surface area contributed by atoms with Gasteiger partial charge in [-0.05, 0) is 31.5 Å². The number of aliphatic hydroxyl groups is 1. The summed E-state index contributed by atoms with van der Waals surface area (Å²) in [6, 6.07) is 7.25. The van der Waals surface area contributed by atoms with Gasteiger partial charge in [0.1, 0.15) is 5.75 Å². The van der Waals surface area contributed by atoms with Crippen LogP contribution in [-0.2, 0) is 6.61 Å². The first-order chi connectivity index (χ1) is 8.19. The minimum absolute atomic E-state index is 0.00416. The number of rotatable bonds is 3. The molecular weight excluding hydrogens is 216 g/mol.